The zero-order chi connectivity index (χ0) is 16.9. The molecule has 0 aliphatic carbocycles. The lowest BCUT2D eigenvalue weighted by Gasteiger charge is -2.32. The Hall–Kier alpha value is -2.18. The van der Waals surface area contributed by atoms with E-state index in [1.165, 1.54) is 7.11 Å². The number of hydrogen-bond donors (Lipinski definition) is 1. The van der Waals surface area contributed by atoms with E-state index in [-0.39, 0.29) is 11.7 Å². The Labute approximate surface area is 141 Å². The minimum Gasteiger partial charge on any atom is -0.479 e. The van der Waals surface area contributed by atoms with Gasteiger partial charge in [-0.25, -0.2) is 0 Å². The Bertz CT molecular complexity index is 663. The second-order valence-corrected chi connectivity index (χ2v) is 6.09. The number of aliphatic hydroxyl groups excluding tert-OH is 1. The molecule has 1 aromatic heterocycles. The molecule has 1 unspecified atom stereocenters. The Morgan fingerprint density at radius 1 is 1.38 bits per heavy atom. The normalized spacial score (nSPS) is 17.6. The first-order valence-electron chi connectivity index (χ1n) is 8.17. The molecule has 2 heterocycles. The zero-order valence-electron chi connectivity index (χ0n) is 13.7. The van der Waals surface area contributed by atoms with Crippen molar-refractivity contribution in [3.05, 3.63) is 47.7 Å². The van der Waals surface area contributed by atoms with E-state index in [0.717, 1.165) is 31.5 Å². The third kappa shape index (κ3) is 3.83. The van der Waals surface area contributed by atoms with Crippen LogP contribution in [-0.4, -0.2) is 47.7 Å². The lowest BCUT2D eigenvalue weighted by Crippen LogP contribution is -2.38. The number of piperidine rings is 1. The van der Waals surface area contributed by atoms with Crippen LogP contribution in [0.2, 0.25) is 0 Å². The molecule has 0 saturated carbocycles. The van der Waals surface area contributed by atoms with E-state index in [0.29, 0.717) is 18.2 Å². The largest absolute Gasteiger partial charge is 0.479 e. The van der Waals surface area contributed by atoms with Gasteiger partial charge in [-0.1, -0.05) is 30.3 Å². The topological polar surface area (TPSA) is 75.8 Å². The average Bonchev–Trinajstić information content (AvgIpc) is 3.12. The molecule has 1 saturated heterocycles. The van der Waals surface area contributed by atoms with Gasteiger partial charge in [-0.3, -0.25) is 4.79 Å². The molecular formula is C18H22N2O4. The van der Waals surface area contributed by atoms with E-state index in [1.807, 2.05) is 30.3 Å². The molecule has 128 valence electrons. The lowest BCUT2D eigenvalue weighted by atomic mass is 9.89. The number of hydrogen-bond acceptors (Lipinski definition) is 6. The van der Waals surface area contributed by atoms with Crippen LogP contribution in [0.25, 0.3) is 0 Å². The quantitative estimate of drug-likeness (QED) is 0.819. The maximum atomic E-state index is 12.5. The summed E-state index contributed by atoms with van der Waals surface area (Å²) >= 11 is 0. The fraction of sp³-hybridized carbons (Fsp3) is 0.444. The highest BCUT2D eigenvalue weighted by Crippen LogP contribution is 2.24. The number of carbonyl (C=O) groups excluding carboxylic acids is 1. The second kappa shape index (κ2) is 7.59. The van der Waals surface area contributed by atoms with E-state index in [2.05, 4.69) is 10.1 Å². The summed E-state index contributed by atoms with van der Waals surface area (Å²) in [7, 11) is 1.50. The van der Waals surface area contributed by atoms with Crippen LogP contribution >= 0.6 is 0 Å². The Kier molecular flexibility index (Phi) is 5.27. The van der Waals surface area contributed by atoms with Gasteiger partial charge in [-0.05, 0) is 31.1 Å². The van der Waals surface area contributed by atoms with Gasteiger partial charge in [0.05, 0.1) is 7.11 Å². The number of aromatic nitrogens is 1. The number of benzene rings is 1. The van der Waals surface area contributed by atoms with Crippen molar-refractivity contribution in [1.82, 2.24) is 10.1 Å². The molecule has 1 N–H and O–H groups in total. The summed E-state index contributed by atoms with van der Waals surface area (Å²) in [5.41, 5.74) is 0.782. The van der Waals surface area contributed by atoms with Gasteiger partial charge in [0.1, 0.15) is 6.10 Å². The van der Waals surface area contributed by atoms with E-state index in [4.69, 9.17) is 9.26 Å². The molecule has 0 amide bonds. The van der Waals surface area contributed by atoms with Gasteiger partial charge < -0.3 is 19.3 Å². The van der Waals surface area contributed by atoms with Gasteiger partial charge >= 0.3 is 0 Å². The molecule has 0 spiro atoms. The standard InChI is InChI=1S/C18H22N2O4/c1-23-17-11-16(24-19-17)15(21)12-20-9-7-14(8-10-20)18(22)13-5-3-2-4-6-13/h2-6,11,14-15,21H,7-10,12H2,1H3. The Morgan fingerprint density at radius 3 is 2.71 bits per heavy atom. The van der Waals surface area contributed by atoms with E-state index < -0.39 is 6.10 Å². The average molecular weight is 330 g/mol. The summed E-state index contributed by atoms with van der Waals surface area (Å²) < 4.78 is 10.0. The molecule has 1 aliphatic heterocycles. The van der Waals surface area contributed by atoms with Crippen LogP contribution in [0.4, 0.5) is 0 Å². The molecule has 0 radical (unpaired) electrons. The summed E-state index contributed by atoms with van der Waals surface area (Å²) in [4.78, 5) is 14.6. The lowest BCUT2D eigenvalue weighted by molar-refractivity contribution is 0.0636. The number of β-amino-alcohol motifs (C(OH)–C–C–N with tert-alkyl or cyclic N) is 1. The summed E-state index contributed by atoms with van der Waals surface area (Å²) in [5, 5.41) is 13.9. The third-order valence-corrected chi connectivity index (χ3v) is 4.49. The van der Waals surface area contributed by atoms with Crippen molar-refractivity contribution < 1.29 is 19.2 Å². The van der Waals surface area contributed by atoms with Crippen LogP contribution in [0.1, 0.15) is 35.1 Å². The van der Waals surface area contributed by atoms with Crippen LogP contribution in [0.5, 0.6) is 5.88 Å². The predicted molar refractivity (Wildman–Crippen MR) is 88.0 cm³/mol. The number of ether oxygens (including phenoxy) is 1. The van der Waals surface area contributed by atoms with Crippen molar-refractivity contribution in [2.75, 3.05) is 26.7 Å². The van der Waals surface area contributed by atoms with Gasteiger partial charge in [0.25, 0.3) is 5.88 Å². The van der Waals surface area contributed by atoms with Gasteiger partial charge in [0.2, 0.25) is 0 Å². The number of nitrogens with zero attached hydrogens (tertiary/aromatic N) is 2. The highest BCUT2D eigenvalue weighted by molar-refractivity contribution is 5.97. The van der Waals surface area contributed by atoms with E-state index >= 15 is 0 Å². The van der Waals surface area contributed by atoms with Crippen LogP contribution in [-0.2, 0) is 0 Å². The molecule has 3 rings (SSSR count). The molecule has 6 nitrogen and oxygen atoms in total. The predicted octanol–water partition coefficient (Wildman–Crippen LogP) is 2.31. The maximum absolute atomic E-state index is 12.5. The number of ketones is 1. The minimum absolute atomic E-state index is 0.0613. The molecule has 1 aliphatic rings. The molecule has 1 aromatic carbocycles. The van der Waals surface area contributed by atoms with Crippen molar-refractivity contribution in [3.63, 3.8) is 0 Å². The molecule has 1 fully saturated rings. The van der Waals surface area contributed by atoms with Gasteiger partial charge in [0.15, 0.2) is 11.5 Å². The van der Waals surface area contributed by atoms with Gasteiger partial charge in [-0.15, -0.1) is 0 Å². The number of methoxy groups -OCH3 is 1. The van der Waals surface area contributed by atoms with Gasteiger partial charge in [-0.2, -0.15) is 0 Å². The maximum Gasteiger partial charge on any atom is 0.254 e. The summed E-state index contributed by atoms with van der Waals surface area (Å²) in [6.45, 7) is 2.03. The first-order chi connectivity index (χ1) is 11.7. The number of rotatable bonds is 6. The van der Waals surface area contributed by atoms with Crippen molar-refractivity contribution in [2.24, 2.45) is 5.92 Å². The third-order valence-electron chi connectivity index (χ3n) is 4.49. The zero-order valence-corrected chi connectivity index (χ0v) is 13.7. The van der Waals surface area contributed by atoms with Crippen LogP contribution in [0.15, 0.2) is 40.9 Å². The summed E-state index contributed by atoms with van der Waals surface area (Å²) in [6.07, 6.45) is 0.864. The number of Topliss-reactive ketones (excluding diaryl/α,β-unsaturated/α-hetero) is 1. The van der Waals surface area contributed by atoms with Crippen molar-refractivity contribution in [3.8, 4) is 5.88 Å². The van der Waals surface area contributed by atoms with Crippen LogP contribution in [0, 0.1) is 5.92 Å². The molecular weight excluding hydrogens is 308 g/mol. The van der Waals surface area contributed by atoms with E-state index in [1.54, 1.807) is 6.07 Å². The van der Waals surface area contributed by atoms with Crippen molar-refractivity contribution in [1.29, 1.82) is 0 Å². The van der Waals surface area contributed by atoms with Gasteiger partial charge in [0, 0.05) is 24.1 Å². The minimum atomic E-state index is -0.747. The SMILES string of the molecule is COc1cc(C(O)CN2CCC(C(=O)c3ccccc3)CC2)on1. The molecule has 0 bridgehead atoms. The molecule has 2 aromatic rings. The fourth-order valence-electron chi connectivity index (χ4n) is 3.08. The second-order valence-electron chi connectivity index (χ2n) is 6.09. The summed E-state index contributed by atoms with van der Waals surface area (Å²) in [5.74, 6) is 1.03. The first-order valence-corrected chi connectivity index (χ1v) is 8.17. The monoisotopic (exact) mass is 330 g/mol. The first kappa shape index (κ1) is 16.7. The smallest absolute Gasteiger partial charge is 0.254 e. The van der Waals surface area contributed by atoms with Crippen molar-refractivity contribution in [2.45, 2.75) is 18.9 Å². The fourth-order valence-corrected chi connectivity index (χ4v) is 3.08. The van der Waals surface area contributed by atoms with E-state index in [9.17, 15) is 9.90 Å². The Balaban J connectivity index is 1.51. The number of likely N-dealkylation sites (tertiary alicyclic amines) is 1. The number of aliphatic hydroxyl groups is 1. The molecule has 24 heavy (non-hydrogen) atoms. The Morgan fingerprint density at radius 2 is 2.08 bits per heavy atom. The van der Waals surface area contributed by atoms with Crippen molar-refractivity contribution >= 4 is 5.78 Å². The molecule has 6 heteroatoms. The highest BCUT2D eigenvalue weighted by Gasteiger charge is 2.27. The molecule has 1 atom stereocenters. The highest BCUT2D eigenvalue weighted by atomic mass is 16.5. The van der Waals surface area contributed by atoms with Crippen LogP contribution in [0.3, 0.4) is 0 Å². The number of carbonyl (C=O) groups is 1. The summed E-state index contributed by atoms with van der Waals surface area (Å²) in [6, 6.07) is 11.0. The van der Waals surface area contributed by atoms with Crippen LogP contribution < -0.4 is 4.74 Å².